The van der Waals surface area contributed by atoms with Crippen molar-refractivity contribution >= 4 is 0 Å². The van der Waals surface area contributed by atoms with Crippen molar-refractivity contribution in [1.29, 1.82) is 0 Å². The first-order valence-electron chi connectivity index (χ1n) is 13.8. The predicted octanol–water partition coefficient (Wildman–Crippen LogP) is 9.61. The molecule has 0 radical (unpaired) electrons. The van der Waals surface area contributed by atoms with Crippen LogP contribution < -0.4 is 0 Å². The van der Waals surface area contributed by atoms with Crippen molar-refractivity contribution in [2.24, 2.45) is 11.8 Å². The third-order valence-corrected chi connectivity index (χ3v) is 8.29. The molecule has 0 nitrogen and oxygen atoms in total. The predicted molar refractivity (Wildman–Crippen MR) is 142 cm³/mol. The lowest BCUT2D eigenvalue weighted by Gasteiger charge is -2.29. The molecule has 0 heterocycles. The van der Waals surface area contributed by atoms with Gasteiger partial charge in [-0.15, -0.1) is 0 Å². The molecule has 176 valence electrons. The van der Waals surface area contributed by atoms with Crippen LogP contribution in [0.2, 0.25) is 0 Å². The molecule has 1 atom stereocenters. The van der Waals surface area contributed by atoms with E-state index in [2.05, 4.69) is 70.2 Å². The third-order valence-electron chi connectivity index (χ3n) is 8.29. The summed E-state index contributed by atoms with van der Waals surface area (Å²) in [5, 5.41) is 0. The molecule has 0 N–H and O–H groups in total. The molecule has 32 heavy (non-hydrogen) atoms. The summed E-state index contributed by atoms with van der Waals surface area (Å²) in [5.74, 6) is 2.62. The van der Waals surface area contributed by atoms with E-state index in [0.717, 1.165) is 24.2 Å². The van der Waals surface area contributed by atoms with Gasteiger partial charge >= 0.3 is 0 Å². The lowest BCUT2D eigenvalue weighted by molar-refractivity contribution is 0.302. The Morgan fingerprint density at radius 1 is 0.812 bits per heavy atom. The molecule has 1 aliphatic carbocycles. The highest BCUT2D eigenvalue weighted by Crippen LogP contribution is 2.38. The van der Waals surface area contributed by atoms with Gasteiger partial charge in [-0.3, -0.25) is 0 Å². The fourth-order valence-electron chi connectivity index (χ4n) is 5.64. The van der Waals surface area contributed by atoms with Gasteiger partial charge in [-0.25, -0.2) is 0 Å². The van der Waals surface area contributed by atoms with Gasteiger partial charge in [0.2, 0.25) is 0 Å². The van der Waals surface area contributed by atoms with E-state index in [-0.39, 0.29) is 0 Å². The molecule has 0 aliphatic heterocycles. The maximum atomic E-state index is 2.52. The normalized spacial score (nSPS) is 19.8. The Balaban J connectivity index is 1.53. The minimum absolute atomic E-state index is 0.798. The first-order chi connectivity index (χ1) is 15.6. The van der Waals surface area contributed by atoms with Crippen LogP contribution >= 0.6 is 0 Å². The zero-order valence-electron chi connectivity index (χ0n) is 21.5. The number of unbranched alkanes of at least 4 members (excludes halogenated alkanes) is 2. The average molecular weight is 433 g/mol. The number of hydrogen-bond donors (Lipinski definition) is 0. The summed E-state index contributed by atoms with van der Waals surface area (Å²) >= 11 is 0. The maximum absolute atomic E-state index is 2.52. The highest BCUT2D eigenvalue weighted by Gasteiger charge is 2.22. The second-order valence-electron chi connectivity index (χ2n) is 10.7. The fourth-order valence-corrected chi connectivity index (χ4v) is 5.64. The fraction of sp³-hybridized carbons (Fsp3) is 0.625. The molecule has 2 aromatic rings. The first kappa shape index (κ1) is 25.1. The van der Waals surface area contributed by atoms with Gasteiger partial charge in [0.1, 0.15) is 0 Å². The topological polar surface area (TPSA) is 0 Å². The van der Waals surface area contributed by atoms with Gasteiger partial charge in [0.25, 0.3) is 0 Å². The molecule has 0 aromatic heterocycles. The highest BCUT2D eigenvalue weighted by molar-refractivity contribution is 5.35. The monoisotopic (exact) mass is 432 g/mol. The van der Waals surface area contributed by atoms with E-state index in [1.165, 1.54) is 82.6 Å². The van der Waals surface area contributed by atoms with Gasteiger partial charge in [-0.05, 0) is 104 Å². The van der Waals surface area contributed by atoms with E-state index in [9.17, 15) is 0 Å². The molecule has 2 aromatic carbocycles. The van der Waals surface area contributed by atoms with Crippen LogP contribution in [0.4, 0.5) is 0 Å². The smallest absolute Gasteiger partial charge is 0.0162 e. The van der Waals surface area contributed by atoms with Gasteiger partial charge in [0.05, 0.1) is 0 Å². The molecular formula is C32H48. The number of hydrogen-bond acceptors (Lipinski definition) is 0. The van der Waals surface area contributed by atoms with Crippen molar-refractivity contribution in [2.45, 2.75) is 117 Å². The van der Waals surface area contributed by atoms with Crippen LogP contribution in [0.5, 0.6) is 0 Å². The number of rotatable bonds is 12. The number of benzene rings is 2. The Morgan fingerprint density at radius 3 is 2.16 bits per heavy atom. The number of aryl methyl sites for hydroxylation is 4. The van der Waals surface area contributed by atoms with E-state index < -0.39 is 0 Å². The summed E-state index contributed by atoms with van der Waals surface area (Å²) in [6, 6.07) is 16.6. The minimum Gasteiger partial charge on any atom is -0.0654 e. The zero-order chi connectivity index (χ0) is 22.8. The van der Waals surface area contributed by atoms with Crippen LogP contribution in [-0.2, 0) is 19.3 Å². The SMILES string of the molecule is CCCCCC1CCC(c2ccc(CCc3ccccc3CCC(C)CC)c(C)c2)CC1. The second-order valence-corrected chi connectivity index (χ2v) is 10.7. The van der Waals surface area contributed by atoms with Gasteiger partial charge < -0.3 is 0 Å². The Morgan fingerprint density at radius 2 is 1.50 bits per heavy atom. The summed E-state index contributed by atoms with van der Waals surface area (Å²) in [7, 11) is 0. The summed E-state index contributed by atoms with van der Waals surface area (Å²) in [4.78, 5) is 0. The van der Waals surface area contributed by atoms with Gasteiger partial charge in [0.15, 0.2) is 0 Å². The van der Waals surface area contributed by atoms with Crippen LogP contribution in [0.15, 0.2) is 42.5 Å². The van der Waals surface area contributed by atoms with Crippen LogP contribution in [0.25, 0.3) is 0 Å². The van der Waals surface area contributed by atoms with Gasteiger partial charge in [0, 0.05) is 0 Å². The Kier molecular flexibility index (Phi) is 10.4. The van der Waals surface area contributed by atoms with E-state index in [1.807, 2.05) is 0 Å². The molecule has 1 unspecified atom stereocenters. The summed E-state index contributed by atoms with van der Waals surface area (Å²) in [6.45, 7) is 9.34. The molecule has 0 saturated heterocycles. The molecular weight excluding hydrogens is 384 g/mol. The first-order valence-corrected chi connectivity index (χ1v) is 13.8. The summed E-state index contributed by atoms with van der Waals surface area (Å²) in [6.07, 6.45) is 17.5. The van der Waals surface area contributed by atoms with Crippen LogP contribution in [0.3, 0.4) is 0 Å². The van der Waals surface area contributed by atoms with E-state index >= 15 is 0 Å². The molecule has 0 bridgehead atoms. The van der Waals surface area contributed by atoms with Crippen LogP contribution in [-0.4, -0.2) is 0 Å². The molecule has 1 fully saturated rings. The molecule has 1 aliphatic rings. The van der Waals surface area contributed by atoms with E-state index in [0.29, 0.717) is 0 Å². The molecule has 0 heteroatoms. The average Bonchev–Trinajstić information content (AvgIpc) is 2.83. The summed E-state index contributed by atoms with van der Waals surface area (Å²) < 4.78 is 0. The van der Waals surface area contributed by atoms with E-state index in [1.54, 1.807) is 22.3 Å². The lowest BCUT2D eigenvalue weighted by atomic mass is 9.76. The molecule has 1 saturated carbocycles. The minimum atomic E-state index is 0.798. The van der Waals surface area contributed by atoms with Crippen molar-refractivity contribution in [2.75, 3.05) is 0 Å². The quantitative estimate of drug-likeness (QED) is 0.293. The Labute approximate surface area is 199 Å². The highest BCUT2D eigenvalue weighted by atomic mass is 14.3. The second kappa shape index (κ2) is 13.2. The maximum Gasteiger partial charge on any atom is -0.0162 e. The van der Waals surface area contributed by atoms with Crippen molar-refractivity contribution < 1.29 is 0 Å². The Bertz CT molecular complexity index is 793. The van der Waals surface area contributed by atoms with Gasteiger partial charge in [-0.1, -0.05) is 95.3 Å². The molecule has 0 spiro atoms. The standard InChI is InChI=1S/C32H48/c1-5-7-8-11-27-15-18-31(19-16-27)32-23-21-28(26(4)24-32)20-22-30-13-10-9-12-29(30)17-14-25(3)6-2/h9-10,12-13,21,23-25,27,31H,5-8,11,14-20,22H2,1-4H3. The third kappa shape index (κ3) is 7.50. The van der Waals surface area contributed by atoms with Crippen LogP contribution in [0, 0.1) is 18.8 Å². The molecule has 3 rings (SSSR count). The van der Waals surface area contributed by atoms with Crippen LogP contribution in [0.1, 0.15) is 119 Å². The largest absolute Gasteiger partial charge is 0.0654 e. The van der Waals surface area contributed by atoms with Crippen molar-refractivity contribution in [3.05, 3.63) is 70.3 Å². The van der Waals surface area contributed by atoms with Crippen molar-refractivity contribution in [1.82, 2.24) is 0 Å². The van der Waals surface area contributed by atoms with Crippen molar-refractivity contribution in [3.8, 4) is 0 Å². The zero-order valence-corrected chi connectivity index (χ0v) is 21.5. The van der Waals surface area contributed by atoms with Gasteiger partial charge in [-0.2, -0.15) is 0 Å². The summed E-state index contributed by atoms with van der Waals surface area (Å²) in [5.41, 5.74) is 7.77. The Hall–Kier alpha value is -1.56. The lowest BCUT2D eigenvalue weighted by Crippen LogP contribution is -2.13. The van der Waals surface area contributed by atoms with E-state index in [4.69, 9.17) is 0 Å². The van der Waals surface area contributed by atoms with Crippen molar-refractivity contribution in [3.63, 3.8) is 0 Å². The molecule has 0 amide bonds.